The first kappa shape index (κ1) is 18.9. The van der Waals surface area contributed by atoms with Gasteiger partial charge in [-0.1, -0.05) is 30.3 Å². The van der Waals surface area contributed by atoms with E-state index in [4.69, 9.17) is 0 Å². The molecule has 1 aliphatic heterocycles. The van der Waals surface area contributed by atoms with Crippen LogP contribution < -0.4 is 10.2 Å². The molecule has 0 bridgehead atoms. The van der Waals surface area contributed by atoms with E-state index in [2.05, 4.69) is 52.2 Å². The summed E-state index contributed by atoms with van der Waals surface area (Å²) in [7, 11) is 0. The Labute approximate surface area is 171 Å². The van der Waals surface area contributed by atoms with Crippen molar-refractivity contribution in [2.45, 2.75) is 13.8 Å². The second-order valence-corrected chi connectivity index (χ2v) is 7.28. The van der Waals surface area contributed by atoms with Gasteiger partial charge in [0.2, 0.25) is 0 Å². The highest BCUT2D eigenvalue weighted by molar-refractivity contribution is 5.93. The van der Waals surface area contributed by atoms with Crippen molar-refractivity contribution in [1.29, 1.82) is 0 Å². The molecule has 6 nitrogen and oxygen atoms in total. The number of amides is 1. The third-order valence-electron chi connectivity index (χ3n) is 5.44. The molecule has 1 amide bonds. The number of carbonyl (C=O) groups is 1. The minimum absolute atomic E-state index is 0.0517. The number of piperazine rings is 1. The molecule has 0 aliphatic carbocycles. The number of nitrogens with one attached hydrogen (secondary N) is 1. The predicted octanol–water partition coefficient (Wildman–Crippen LogP) is 3.80. The summed E-state index contributed by atoms with van der Waals surface area (Å²) in [6, 6.07) is 18.1. The Morgan fingerprint density at radius 3 is 2.45 bits per heavy atom. The van der Waals surface area contributed by atoms with Crippen molar-refractivity contribution >= 4 is 23.1 Å². The van der Waals surface area contributed by atoms with Crippen LogP contribution in [0.25, 0.3) is 0 Å². The van der Waals surface area contributed by atoms with Crippen molar-refractivity contribution in [3.63, 3.8) is 0 Å². The number of aryl methyl sites for hydroxylation is 1. The smallest absolute Gasteiger partial charge is 0.272 e. The fourth-order valence-electron chi connectivity index (χ4n) is 3.54. The third-order valence-corrected chi connectivity index (χ3v) is 5.44. The van der Waals surface area contributed by atoms with Gasteiger partial charge in [-0.15, -0.1) is 0 Å². The molecule has 1 fully saturated rings. The lowest BCUT2D eigenvalue weighted by Gasteiger charge is -2.36. The van der Waals surface area contributed by atoms with E-state index >= 15 is 0 Å². The quantitative estimate of drug-likeness (QED) is 0.738. The molecule has 0 saturated carbocycles. The van der Waals surface area contributed by atoms with Crippen molar-refractivity contribution in [2.24, 2.45) is 0 Å². The minimum Gasteiger partial charge on any atom is -0.368 e. The zero-order valence-electron chi connectivity index (χ0n) is 16.8. The zero-order valence-corrected chi connectivity index (χ0v) is 16.8. The first-order valence-corrected chi connectivity index (χ1v) is 9.86. The van der Waals surface area contributed by atoms with Crippen molar-refractivity contribution in [1.82, 2.24) is 14.9 Å². The van der Waals surface area contributed by atoms with E-state index in [1.807, 2.05) is 35.2 Å². The highest BCUT2D eigenvalue weighted by Gasteiger charge is 2.23. The number of hydrogen-bond donors (Lipinski definition) is 1. The predicted molar refractivity (Wildman–Crippen MR) is 116 cm³/mol. The summed E-state index contributed by atoms with van der Waals surface area (Å²) >= 11 is 0. The molecule has 1 saturated heterocycles. The van der Waals surface area contributed by atoms with E-state index in [9.17, 15) is 4.79 Å². The molecule has 148 valence electrons. The molecule has 0 spiro atoms. The summed E-state index contributed by atoms with van der Waals surface area (Å²) in [5.41, 5.74) is 4.97. The molecule has 1 N–H and O–H groups in total. The van der Waals surface area contributed by atoms with Gasteiger partial charge in [0.05, 0.1) is 0 Å². The molecule has 2 heterocycles. The van der Waals surface area contributed by atoms with Gasteiger partial charge in [-0.3, -0.25) is 4.79 Å². The number of hydrogen-bond acceptors (Lipinski definition) is 5. The van der Waals surface area contributed by atoms with E-state index in [-0.39, 0.29) is 5.91 Å². The summed E-state index contributed by atoms with van der Waals surface area (Å²) < 4.78 is 0. The third kappa shape index (κ3) is 4.21. The number of aromatic nitrogens is 2. The molecule has 3 aromatic rings. The van der Waals surface area contributed by atoms with Gasteiger partial charge in [-0.05, 0) is 43.2 Å². The van der Waals surface area contributed by atoms with Gasteiger partial charge >= 0.3 is 0 Å². The van der Waals surface area contributed by atoms with E-state index in [1.165, 1.54) is 17.6 Å². The average Bonchev–Trinajstić information content (AvgIpc) is 2.77. The summed E-state index contributed by atoms with van der Waals surface area (Å²) in [6.07, 6.45) is 1.45. The number of benzene rings is 2. The SMILES string of the molecule is Cc1cccc(Nc2cc(C(=O)N3CCN(c4ccccc4)CC3)ncn2)c1C. The Bertz CT molecular complexity index is 997. The van der Waals surface area contributed by atoms with Crippen LogP contribution in [0, 0.1) is 13.8 Å². The fraction of sp³-hybridized carbons (Fsp3) is 0.261. The molecule has 0 radical (unpaired) electrons. The summed E-state index contributed by atoms with van der Waals surface area (Å²) in [4.78, 5) is 25.6. The number of para-hydroxylation sites is 1. The van der Waals surface area contributed by atoms with Crippen LogP contribution in [0.15, 0.2) is 60.9 Å². The van der Waals surface area contributed by atoms with Crippen molar-refractivity contribution in [3.05, 3.63) is 77.7 Å². The van der Waals surface area contributed by atoms with E-state index < -0.39 is 0 Å². The molecule has 4 rings (SSSR count). The van der Waals surface area contributed by atoms with Crippen molar-refractivity contribution < 1.29 is 4.79 Å². The standard InChI is InChI=1S/C23H25N5O/c1-17-7-6-10-20(18(17)2)26-22-15-21(24-16-25-22)23(29)28-13-11-27(12-14-28)19-8-4-3-5-9-19/h3-10,15-16H,11-14H2,1-2H3,(H,24,25,26). The molecule has 1 aromatic heterocycles. The van der Waals surface area contributed by atoms with Gasteiger partial charge in [-0.25, -0.2) is 9.97 Å². The van der Waals surface area contributed by atoms with Crippen LogP contribution in [0.5, 0.6) is 0 Å². The first-order chi connectivity index (χ1) is 14.1. The molecular weight excluding hydrogens is 362 g/mol. The molecular formula is C23H25N5O. The molecule has 2 aromatic carbocycles. The Hall–Kier alpha value is -3.41. The Kier molecular flexibility index (Phi) is 5.42. The maximum Gasteiger partial charge on any atom is 0.272 e. The monoisotopic (exact) mass is 387 g/mol. The largest absolute Gasteiger partial charge is 0.368 e. The van der Waals surface area contributed by atoms with E-state index in [0.717, 1.165) is 24.3 Å². The molecule has 29 heavy (non-hydrogen) atoms. The number of nitrogens with zero attached hydrogens (tertiary/aromatic N) is 4. The number of carbonyl (C=O) groups excluding carboxylic acids is 1. The molecule has 1 aliphatic rings. The Morgan fingerprint density at radius 2 is 1.69 bits per heavy atom. The number of rotatable bonds is 4. The van der Waals surface area contributed by atoms with Crippen molar-refractivity contribution in [3.8, 4) is 0 Å². The molecule has 0 atom stereocenters. The van der Waals surface area contributed by atoms with Gasteiger partial charge in [0.15, 0.2) is 0 Å². The lowest BCUT2D eigenvalue weighted by Crippen LogP contribution is -2.49. The molecule has 6 heteroatoms. The zero-order chi connectivity index (χ0) is 20.2. The van der Waals surface area contributed by atoms with Crippen LogP contribution in [0.2, 0.25) is 0 Å². The second kappa shape index (κ2) is 8.31. The fourth-order valence-corrected chi connectivity index (χ4v) is 3.54. The topological polar surface area (TPSA) is 61.4 Å². The summed E-state index contributed by atoms with van der Waals surface area (Å²) in [5.74, 6) is 0.573. The normalized spacial score (nSPS) is 14.0. The average molecular weight is 387 g/mol. The van der Waals surface area contributed by atoms with Crippen LogP contribution >= 0.6 is 0 Å². The lowest BCUT2D eigenvalue weighted by atomic mass is 10.1. The van der Waals surface area contributed by atoms with Gasteiger partial charge in [0.1, 0.15) is 17.8 Å². The maximum atomic E-state index is 13.0. The highest BCUT2D eigenvalue weighted by atomic mass is 16.2. The van der Waals surface area contributed by atoms with Crippen LogP contribution in [-0.4, -0.2) is 47.0 Å². The van der Waals surface area contributed by atoms with Gasteiger partial charge in [0.25, 0.3) is 5.91 Å². The van der Waals surface area contributed by atoms with Gasteiger partial charge in [0, 0.05) is 43.6 Å². The summed E-state index contributed by atoms with van der Waals surface area (Å²) in [5, 5.41) is 3.31. The number of anilines is 3. The van der Waals surface area contributed by atoms with E-state index in [0.29, 0.717) is 24.6 Å². The van der Waals surface area contributed by atoms with Gasteiger partial charge < -0.3 is 15.1 Å². The van der Waals surface area contributed by atoms with Gasteiger partial charge in [-0.2, -0.15) is 0 Å². The maximum absolute atomic E-state index is 13.0. The molecule has 0 unspecified atom stereocenters. The van der Waals surface area contributed by atoms with Crippen LogP contribution in [-0.2, 0) is 0 Å². The lowest BCUT2D eigenvalue weighted by molar-refractivity contribution is 0.0740. The Balaban J connectivity index is 1.43. The summed E-state index contributed by atoms with van der Waals surface area (Å²) in [6.45, 7) is 7.12. The minimum atomic E-state index is -0.0517. The van der Waals surface area contributed by atoms with Crippen LogP contribution in [0.4, 0.5) is 17.2 Å². The second-order valence-electron chi connectivity index (χ2n) is 7.28. The highest BCUT2D eigenvalue weighted by Crippen LogP contribution is 2.22. The van der Waals surface area contributed by atoms with Crippen LogP contribution in [0.1, 0.15) is 21.6 Å². The van der Waals surface area contributed by atoms with E-state index in [1.54, 1.807) is 6.07 Å². The Morgan fingerprint density at radius 1 is 0.931 bits per heavy atom. The van der Waals surface area contributed by atoms with Crippen molar-refractivity contribution in [2.75, 3.05) is 36.4 Å². The first-order valence-electron chi connectivity index (χ1n) is 9.86. The van der Waals surface area contributed by atoms with Crippen LogP contribution in [0.3, 0.4) is 0 Å².